The second-order valence-corrected chi connectivity index (χ2v) is 7.86. The molecule has 0 spiro atoms. The highest BCUT2D eigenvalue weighted by Gasteiger charge is 2.25. The minimum atomic E-state index is -0.643. The first kappa shape index (κ1) is 20.9. The summed E-state index contributed by atoms with van der Waals surface area (Å²) >= 11 is 0. The summed E-state index contributed by atoms with van der Waals surface area (Å²) in [5, 5.41) is 12.5. The predicted octanol–water partition coefficient (Wildman–Crippen LogP) is 3.81. The first-order chi connectivity index (χ1) is 15.0. The Kier molecular flexibility index (Phi) is 6.23. The number of nitrogen functional groups attached to an aromatic ring is 1. The molecule has 1 heterocycles. The molecule has 4 N–H and O–H groups in total. The Labute approximate surface area is 180 Å². The molecule has 1 aromatic heterocycles. The Morgan fingerprint density at radius 1 is 1.10 bits per heavy atom. The fourth-order valence-corrected chi connectivity index (χ4v) is 4.00. The Bertz CT molecular complexity index is 1070. The van der Waals surface area contributed by atoms with Crippen molar-refractivity contribution in [2.45, 2.75) is 44.2 Å². The molecule has 0 unspecified atom stereocenters. The van der Waals surface area contributed by atoms with Gasteiger partial charge in [-0.3, -0.25) is 4.79 Å². The SMILES string of the molecule is Nc1ncc(C2CCC(O)CC2)nc1-c1cccc(F)c1C(=O)NCc1ccccc1. The van der Waals surface area contributed by atoms with Gasteiger partial charge < -0.3 is 16.2 Å². The summed E-state index contributed by atoms with van der Waals surface area (Å²) in [6, 6.07) is 13.8. The van der Waals surface area contributed by atoms with Crippen LogP contribution in [0, 0.1) is 5.82 Å². The highest BCUT2D eigenvalue weighted by atomic mass is 19.1. The molecule has 2 aromatic carbocycles. The van der Waals surface area contributed by atoms with Crippen molar-refractivity contribution < 1.29 is 14.3 Å². The molecule has 1 fully saturated rings. The number of halogens is 1. The van der Waals surface area contributed by atoms with Crippen molar-refractivity contribution in [2.75, 3.05) is 5.73 Å². The van der Waals surface area contributed by atoms with Crippen LogP contribution in [0.2, 0.25) is 0 Å². The van der Waals surface area contributed by atoms with Crippen LogP contribution in [0.3, 0.4) is 0 Å². The van der Waals surface area contributed by atoms with E-state index in [0.29, 0.717) is 24.1 Å². The van der Waals surface area contributed by atoms with Gasteiger partial charge in [-0.25, -0.2) is 14.4 Å². The van der Waals surface area contributed by atoms with E-state index in [0.717, 1.165) is 24.1 Å². The molecular weight excluding hydrogens is 395 g/mol. The van der Waals surface area contributed by atoms with Gasteiger partial charge in [0.05, 0.1) is 23.6 Å². The Morgan fingerprint density at radius 2 is 1.84 bits per heavy atom. The van der Waals surface area contributed by atoms with Crippen LogP contribution >= 0.6 is 0 Å². The van der Waals surface area contributed by atoms with Crippen molar-refractivity contribution in [3.63, 3.8) is 0 Å². The average Bonchev–Trinajstić information content (AvgIpc) is 2.79. The smallest absolute Gasteiger partial charge is 0.255 e. The minimum Gasteiger partial charge on any atom is -0.393 e. The number of carbonyl (C=O) groups excluding carboxylic acids is 1. The predicted molar refractivity (Wildman–Crippen MR) is 117 cm³/mol. The van der Waals surface area contributed by atoms with Crippen LogP contribution in [-0.2, 0) is 6.54 Å². The molecule has 1 aliphatic rings. The molecule has 0 aliphatic heterocycles. The number of hydrogen-bond donors (Lipinski definition) is 3. The van der Waals surface area contributed by atoms with Gasteiger partial charge in [0.25, 0.3) is 5.91 Å². The van der Waals surface area contributed by atoms with E-state index in [-0.39, 0.29) is 29.9 Å². The molecule has 1 aliphatic carbocycles. The number of nitrogens with zero attached hydrogens (tertiary/aromatic N) is 2. The van der Waals surface area contributed by atoms with Crippen LogP contribution in [0.1, 0.15) is 53.2 Å². The number of aliphatic hydroxyl groups excluding tert-OH is 1. The Balaban J connectivity index is 1.64. The monoisotopic (exact) mass is 420 g/mol. The topological polar surface area (TPSA) is 101 Å². The van der Waals surface area contributed by atoms with E-state index in [1.54, 1.807) is 12.3 Å². The van der Waals surface area contributed by atoms with Crippen LogP contribution in [0.4, 0.5) is 10.2 Å². The molecule has 31 heavy (non-hydrogen) atoms. The molecule has 3 aromatic rings. The lowest BCUT2D eigenvalue weighted by atomic mass is 9.85. The molecule has 1 saturated carbocycles. The minimum absolute atomic E-state index is 0.101. The third kappa shape index (κ3) is 4.72. The number of carbonyl (C=O) groups is 1. The Hall–Kier alpha value is -3.32. The lowest BCUT2D eigenvalue weighted by molar-refractivity contribution is 0.0947. The molecule has 1 amide bonds. The molecule has 7 heteroatoms. The standard InChI is InChI=1S/C24H25FN4O2/c25-19-8-4-7-18(21(19)24(31)28-13-15-5-2-1-3-6-15)22-23(26)27-14-20(29-22)16-9-11-17(30)12-10-16/h1-8,14,16-17,30H,9-13H2,(H2,26,27)(H,28,31). The maximum absolute atomic E-state index is 14.8. The number of amides is 1. The van der Waals surface area contributed by atoms with Crippen molar-refractivity contribution in [3.8, 4) is 11.3 Å². The van der Waals surface area contributed by atoms with E-state index in [9.17, 15) is 14.3 Å². The van der Waals surface area contributed by atoms with Crippen LogP contribution in [0.5, 0.6) is 0 Å². The van der Waals surface area contributed by atoms with Gasteiger partial charge in [0.1, 0.15) is 17.3 Å². The van der Waals surface area contributed by atoms with E-state index >= 15 is 0 Å². The zero-order valence-electron chi connectivity index (χ0n) is 17.1. The van der Waals surface area contributed by atoms with Gasteiger partial charge >= 0.3 is 0 Å². The van der Waals surface area contributed by atoms with Crippen molar-refractivity contribution in [1.82, 2.24) is 15.3 Å². The molecule has 0 radical (unpaired) electrons. The summed E-state index contributed by atoms with van der Waals surface area (Å²) in [4.78, 5) is 21.8. The molecule has 4 rings (SSSR count). The fraction of sp³-hybridized carbons (Fsp3) is 0.292. The number of benzene rings is 2. The molecule has 0 bridgehead atoms. The van der Waals surface area contributed by atoms with Crippen molar-refractivity contribution in [2.24, 2.45) is 0 Å². The van der Waals surface area contributed by atoms with E-state index in [4.69, 9.17) is 5.73 Å². The number of aromatic nitrogens is 2. The number of rotatable bonds is 5. The third-order valence-corrected chi connectivity index (χ3v) is 5.73. The van der Waals surface area contributed by atoms with Gasteiger partial charge in [-0.1, -0.05) is 42.5 Å². The number of nitrogens with two attached hydrogens (primary N) is 1. The number of nitrogens with one attached hydrogen (secondary N) is 1. The molecule has 6 nitrogen and oxygen atoms in total. The lowest BCUT2D eigenvalue weighted by Crippen LogP contribution is -2.25. The maximum atomic E-state index is 14.8. The van der Waals surface area contributed by atoms with Gasteiger partial charge in [0, 0.05) is 18.0 Å². The summed E-state index contributed by atoms with van der Waals surface area (Å²) in [6.07, 6.45) is 4.37. The zero-order chi connectivity index (χ0) is 21.8. The quantitative estimate of drug-likeness (QED) is 0.583. The molecular formula is C24H25FN4O2. The summed E-state index contributed by atoms with van der Waals surface area (Å²) in [5.74, 6) is -0.888. The lowest BCUT2D eigenvalue weighted by Gasteiger charge is -2.25. The summed E-state index contributed by atoms with van der Waals surface area (Å²) in [6.45, 7) is 0.277. The highest BCUT2D eigenvalue weighted by molar-refractivity contribution is 6.01. The third-order valence-electron chi connectivity index (χ3n) is 5.73. The largest absolute Gasteiger partial charge is 0.393 e. The van der Waals surface area contributed by atoms with E-state index in [1.807, 2.05) is 30.3 Å². The van der Waals surface area contributed by atoms with Crippen LogP contribution in [0.25, 0.3) is 11.3 Å². The number of hydrogen-bond acceptors (Lipinski definition) is 5. The van der Waals surface area contributed by atoms with Crippen LogP contribution < -0.4 is 11.1 Å². The highest BCUT2D eigenvalue weighted by Crippen LogP contribution is 2.34. The Morgan fingerprint density at radius 3 is 2.58 bits per heavy atom. The summed E-state index contributed by atoms with van der Waals surface area (Å²) in [5.41, 5.74) is 8.26. The summed E-state index contributed by atoms with van der Waals surface area (Å²) in [7, 11) is 0. The van der Waals surface area contributed by atoms with Crippen molar-refractivity contribution in [1.29, 1.82) is 0 Å². The second-order valence-electron chi connectivity index (χ2n) is 7.86. The summed E-state index contributed by atoms with van der Waals surface area (Å²) < 4.78 is 14.8. The second kappa shape index (κ2) is 9.22. The van der Waals surface area contributed by atoms with E-state index < -0.39 is 11.7 Å². The van der Waals surface area contributed by atoms with E-state index in [1.165, 1.54) is 12.1 Å². The first-order valence-corrected chi connectivity index (χ1v) is 10.4. The van der Waals surface area contributed by atoms with Crippen molar-refractivity contribution >= 4 is 11.7 Å². The maximum Gasteiger partial charge on any atom is 0.255 e. The number of aliphatic hydroxyl groups is 1. The van der Waals surface area contributed by atoms with Gasteiger partial charge in [-0.2, -0.15) is 0 Å². The van der Waals surface area contributed by atoms with Crippen LogP contribution in [0.15, 0.2) is 54.7 Å². The van der Waals surface area contributed by atoms with Gasteiger partial charge in [0.2, 0.25) is 0 Å². The zero-order valence-corrected chi connectivity index (χ0v) is 17.1. The van der Waals surface area contributed by atoms with Crippen molar-refractivity contribution in [3.05, 3.63) is 77.4 Å². The number of anilines is 1. The van der Waals surface area contributed by atoms with Crippen LogP contribution in [-0.4, -0.2) is 27.1 Å². The molecule has 160 valence electrons. The van der Waals surface area contributed by atoms with Gasteiger partial charge in [-0.15, -0.1) is 0 Å². The van der Waals surface area contributed by atoms with Gasteiger partial charge in [-0.05, 0) is 37.3 Å². The average molecular weight is 420 g/mol. The molecule has 0 atom stereocenters. The first-order valence-electron chi connectivity index (χ1n) is 10.4. The molecule has 0 saturated heterocycles. The fourth-order valence-electron chi connectivity index (χ4n) is 4.00. The van der Waals surface area contributed by atoms with Gasteiger partial charge in [0.15, 0.2) is 0 Å². The van der Waals surface area contributed by atoms with E-state index in [2.05, 4.69) is 15.3 Å². The normalized spacial score (nSPS) is 18.5.